The highest BCUT2D eigenvalue weighted by Crippen LogP contribution is 2.31. The van der Waals surface area contributed by atoms with E-state index in [-0.39, 0.29) is 0 Å². The Kier molecular flexibility index (Phi) is 3.19. The molecular formula is C11H21N. The molecule has 0 saturated heterocycles. The predicted molar refractivity (Wildman–Crippen MR) is 53.9 cm³/mol. The van der Waals surface area contributed by atoms with E-state index in [0.29, 0.717) is 0 Å². The maximum absolute atomic E-state index is 3.82. The first-order valence-corrected chi connectivity index (χ1v) is 4.99. The molecule has 1 heteroatoms. The Hall–Kier alpha value is -0.460. The zero-order chi connectivity index (χ0) is 9.14. The van der Waals surface area contributed by atoms with E-state index >= 15 is 0 Å². The summed E-state index contributed by atoms with van der Waals surface area (Å²) in [7, 11) is 2.15. The molecule has 1 fully saturated rings. The van der Waals surface area contributed by atoms with E-state index in [1.54, 1.807) is 0 Å². The van der Waals surface area contributed by atoms with Crippen LogP contribution in [0.2, 0.25) is 0 Å². The van der Waals surface area contributed by atoms with Gasteiger partial charge in [-0.25, -0.2) is 0 Å². The third-order valence-corrected chi connectivity index (χ3v) is 3.23. The normalized spacial score (nSPS) is 36.1. The van der Waals surface area contributed by atoms with Crippen molar-refractivity contribution in [2.75, 3.05) is 7.05 Å². The van der Waals surface area contributed by atoms with Gasteiger partial charge in [-0.3, -0.25) is 0 Å². The SMILES string of the molecule is C=CN(C)C1C[C@@H](C)CC[C@@H]1C. The van der Waals surface area contributed by atoms with Crippen LogP contribution in [0.5, 0.6) is 0 Å². The summed E-state index contributed by atoms with van der Waals surface area (Å²) >= 11 is 0. The Morgan fingerprint density at radius 1 is 1.33 bits per heavy atom. The van der Waals surface area contributed by atoms with Crippen LogP contribution >= 0.6 is 0 Å². The number of rotatable bonds is 2. The number of hydrogen-bond donors (Lipinski definition) is 0. The average molecular weight is 167 g/mol. The molecule has 12 heavy (non-hydrogen) atoms. The van der Waals surface area contributed by atoms with Crippen LogP contribution in [0.25, 0.3) is 0 Å². The molecule has 0 N–H and O–H groups in total. The maximum atomic E-state index is 3.82. The second kappa shape index (κ2) is 3.97. The van der Waals surface area contributed by atoms with Gasteiger partial charge in [-0.2, -0.15) is 0 Å². The van der Waals surface area contributed by atoms with Gasteiger partial charge in [-0.05, 0) is 30.9 Å². The highest BCUT2D eigenvalue weighted by Gasteiger charge is 2.26. The molecule has 0 aliphatic heterocycles. The zero-order valence-electron chi connectivity index (χ0n) is 8.59. The Labute approximate surface area is 76.5 Å². The van der Waals surface area contributed by atoms with Gasteiger partial charge < -0.3 is 4.90 Å². The molecule has 1 aliphatic carbocycles. The Balaban J connectivity index is 2.53. The molecule has 3 atom stereocenters. The minimum absolute atomic E-state index is 0.728. The fourth-order valence-corrected chi connectivity index (χ4v) is 2.21. The van der Waals surface area contributed by atoms with E-state index in [9.17, 15) is 0 Å². The van der Waals surface area contributed by atoms with Crippen LogP contribution in [-0.2, 0) is 0 Å². The summed E-state index contributed by atoms with van der Waals surface area (Å²) < 4.78 is 0. The highest BCUT2D eigenvalue weighted by molar-refractivity contribution is 4.85. The molecule has 70 valence electrons. The fourth-order valence-electron chi connectivity index (χ4n) is 2.21. The van der Waals surface area contributed by atoms with Crippen LogP contribution in [0, 0.1) is 11.8 Å². The molecule has 1 aliphatic rings. The minimum atomic E-state index is 0.728. The van der Waals surface area contributed by atoms with Gasteiger partial charge in [-0.1, -0.05) is 26.8 Å². The lowest BCUT2D eigenvalue weighted by molar-refractivity contribution is 0.153. The second-order valence-electron chi connectivity index (χ2n) is 4.31. The topological polar surface area (TPSA) is 3.24 Å². The first kappa shape index (κ1) is 9.63. The van der Waals surface area contributed by atoms with E-state index in [1.807, 2.05) is 6.20 Å². The van der Waals surface area contributed by atoms with Crippen molar-refractivity contribution < 1.29 is 0 Å². The molecule has 0 aromatic rings. The first-order chi connectivity index (χ1) is 5.65. The van der Waals surface area contributed by atoms with Gasteiger partial charge in [0, 0.05) is 13.1 Å². The van der Waals surface area contributed by atoms with Crippen LogP contribution in [0.15, 0.2) is 12.8 Å². The molecule has 0 amide bonds. The van der Waals surface area contributed by atoms with Crippen LogP contribution in [0.4, 0.5) is 0 Å². The Bertz CT molecular complexity index is 153. The Morgan fingerprint density at radius 3 is 2.58 bits per heavy atom. The summed E-state index contributed by atoms with van der Waals surface area (Å²) in [5.41, 5.74) is 0. The van der Waals surface area contributed by atoms with Crippen LogP contribution in [-0.4, -0.2) is 18.0 Å². The van der Waals surface area contributed by atoms with E-state index in [1.165, 1.54) is 19.3 Å². The molecule has 0 aromatic heterocycles. The summed E-state index contributed by atoms with van der Waals surface area (Å²) in [4.78, 5) is 2.28. The van der Waals surface area contributed by atoms with Crippen LogP contribution in [0.3, 0.4) is 0 Å². The van der Waals surface area contributed by atoms with Gasteiger partial charge in [-0.15, -0.1) is 0 Å². The summed E-state index contributed by atoms with van der Waals surface area (Å²) in [6.45, 7) is 8.54. The summed E-state index contributed by atoms with van der Waals surface area (Å²) in [5.74, 6) is 1.73. The molecule has 1 saturated carbocycles. The van der Waals surface area contributed by atoms with E-state index in [2.05, 4.69) is 32.4 Å². The molecule has 0 bridgehead atoms. The van der Waals surface area contributed by atoms with E-state index < -0.39 is 0 Å². The lowest BCUT2D eigenvalue weighted by Gasteiger charge is -2.38. The molecule has 1 unspecified atom stereocenters. The highest BCUT2D eigenvalue weighted by atomic mass is 15.1. The zero-order valence-corrected chi connectivity index (χ0v) is 8.59. The van der Waals surface area contributed by atoms with Gasteiger partial charge in [0.15, 0.2) is 0 Å². The van der Waals surface area contributed by atoms with Crippen molar-refractivity contribution in [2.45, 2.75) is 39.2 Å². The summed E-state index contributed by atoms with van der Waals surface area (Å²) in [6.07, 6.45) is 6.08. The van der Waals surface area contributed by atoms with Crippen molar-refractivity contribution >= 4 is 0 Å². The van der Waals surface area contributed by atoms with E-state index in [4.69, 9.17) is 0 Å². The summed E-state index contributed by atoms with van der Waals surface area (Å²) in [5, 5.41) is 0. The molecule has 0 spiro atoms. The van der Waals surface area contributed by atoms with Gasteiger partial charge in [0.25, 0.3) is 0 Å². The third kappa shape index (κ3) is 2.02. The van der Waals surface area contributed by atoms with Crippen molar-refractivity contribution in [3.05, 3.63) is 12.8 Å². The largest absolute Gasteiger partial charge is 0.378 e. The maximum Gasteiger partial charge on any atom is 0.0309 e. The monoisotopic (exact) mass is 167 g/mol. The molecule has 1 nitrogen and oxygen atoms in total. The molecular weight excluding hydrogens is 146 g/mol. The summed E-state index contributed by atoms with van der Waals surface area (Å²) in [6, 6.07) is 0.728. The van der Waals surface area contributed by atoms with Crippen LogP contribution in [0.1, 0.15) is 33.1 Å². The van der Waals surface area contributed by atoms with E-state index in [0.717, 1.165) is 17.9 Å². The first-order valence-electron chi connectivity index (χ1n) is 4.99. The molecule has 0 radical (unpaired) electrons. The lowest BCUT2D eigenvalue weighted by Crippen LogP contribution is -2.37. The lowest BCUT2D eigenvalue weighted by atomic mass is 9.79. The quantitative estimate of drug-likeness (QED) is 0.611. The molecule has 0 heterocycles. The average Bonchev–Trinajstić information content (AvgIpc) is 2.08. The van der Waals surface area contributed by atoms with Gasteiger partial charge in [0.2, 0.25) is 0 Å². The Morgan fingerprint density at radius 2 is 2.00 bits per heavy atom. The van der Waals surface area contributed by atoms with Gasteiger partial charge in [0.1, 0.15) is 0 Å². The van der Waals surface area contributed by atoms with Crippen molar-refractivity contribution in [2.24, 2.45) is 11.8 Å². The molecule has 1 rings (SSSR count). The number of nitrogens with zero attached hydrogens (tertiary/aromatic N) is 1. The predicted octanol–water partition coefficient (Wildman–Crippen LogP) is 2.89. The standard InChI is InChI=1S/C11H21N/c1-5-12(4)11-8-9(2)6-7-10(11)3/h5,9-11H,1,6-8H2,2-4H3/t9-,10-,11?/m0/s1. The van der Waals surface area contributed by atoms with Crippen molar-refractivity contribution in [3.63, 3.8) is 0 Å². The smallest absolute Gasteiger partial charge is 0.0309 e. The fraction of sp³-hybridized carbons (Fsp3) is 0.818. The molecule has 0 aromatic carbocycles. The van der Waals surface area contributed by atoms with Crippen molar-refractivity contribution in [1.29, 1.82) is 0 Å². The van der Waals surface area contributed by atoms with Crippen molar-refractivity contribution in [1.82, 2.24) is 4.90 Å². The van der Waals surface area contributed by atoms with Gasteiger partial charge in [0.05, 0.1) is 0 Å². The van der Waals surface area contributed by atoms with Crippen LogP contribution < -0.4 is 0 Å². The minimum Gasteiger partial charge on any atom is -0.378 e. The van der Waals surface area contributed by atoms with Gasteiger partial charge >= 0.3 is 0 Å². The third-order valence-electron chi connectivity index (χ3n) is 3.23. The number of hydrogen-bond acceptors (Lipinski definition) is 1. The van der Waals surface area contributed by atoms with Crippen molar-refractivity contribution in [3.8, 4) is 0 Å². The second-order valence-corrected chi connectivity index (χ2v) is 4.31.